The lowest BCUT2D eigenvalue weighted by Gasteiger charge is -2.08. The van der Waals surface area contributed by atoms with Crippen molar-refractivity contribution in [1.82, 2.24) is 5.32 Å². The highest BCUT2D eigenvalue weighted by atomic mass is 35.5. The summed E-state index contributed by atoms with van der Waals surface area (Å²) in [5, 5.41) is 3.41. The number of benzene rings is 1. The minimum Gasteiger partial charge on any atom is -0.317 e. The Labute approximate surface area is 96.4 Å². The predicted molar refractivity (Wildman–Crippen MR) is 65.2 cm³/mol. The molecule has 0 saturated carbocycles. The monoisotopic (exact) mass is 233 g/mol. The van der Waals surface area contributed by atoms with Crippen molar-refractivity contribution in [3.05, 3.63) is 35.9 Å². The minimum absolute atomic E-state index is 0.194. The zero-order valence-electron chi connectivity index (χ0n) is 8.63. The van der Waals surface area contributed by atoms with E-state index in [1.165, 1.54) is 5.56 Å². The van der Waals surface area contributed by atoms with Gasteiger partial charge in [-0.05, 0) is 26.0 Å². The lowest BCUT2D eigenvalue weighted by Crippen LogP contribution is -2.23. The van der Waals surface area contributed by atoms with Crippen LogP contribution in [0.3, 0.4) is 0 Å². The average molecular weight is 234 g/mol. The summed E-state index contributed by atoms with van der Waals surface area (Å²) in [5.41, 5.74) is 1.40. The maximum absolute atomic E-state index is 4.76. The first-order valence-electron chi connectivity index (χ1n) is 4.57. The first kappa shape index (κ1) is 13.8. The van der Waals surface area contributed by atoms with Crippen molar-refractivity contribution in [2.24, 2.45) is 0 Å². The third-order valence-corrected chi connectivity index (χ3v) is 1.88. The molecule has 14 heavy (non-hydrogen) atoms. The molecule has 1 N–H and O–H groups in total. The molecule has 1 nitrogen and oxygen atoms in total. The summed E-state index contributed by atoms with van der Waals surface area (Å²) in [6, 6.07) is 11.1. The van der Waals surface area contributed by atoms with Crippen LogP contribution in [-0.2, 0) is 6.42 Å². The van der Waals surface area contributed by atoms with Gasteiger partial charge in [0.25, 0.3) is 0 Å². The van der Waals surface area contributed by atoms with Gasteiger partial charge in [-0.15, -0.1) is 23.2 Å². The van der Waals surface area contributed by atoms with Gasteiger partial charge in [0.2, 0.25) is 0 Å². The Morgan fingerprint density at radius 2 is 1.71 bits per heavy atom. The van der Waals surface area contributed by atoms with Gasteiger partial charge < -0.3 is 5.32 Å². The molecule has 0 aromatic heterocycles. The standard InChI is InChI=1S/C10H15N.CH2Cl2/c1-9(11-2)8-10-6-4-3-5-7-10;2-1-3/h3-7,9,11H,8H2,1-2H3;1H2/t9-;/m0./s1. The van der Waals surface area contributed by atoms with Crippen LogP contribution in [0.1, 0.15) is 12.5 Å². The molecule has 0 spiro atoms. The molecule has 0 saturated heterocycles. The zero-order chi connectivity index (χ0) is 10.8. The van der Waals surface area contributed by atoms with Crippen molar-refractivity contribution in [2.45, 2.75) is 19.4 Å². The highest BCUT2D eigenvalue weighted by Crippen LogP contribution is 2.01. The van der Waals surface area contributed by atoms with Crippen molar-refractivity contribution in [2.75, 3.05) is 12.4 Å². The van der Waals surface area contributed by atoms with Crippen LogP contribution in [0, 0.1) is 0 Å². The van der Waals surface area contributed by atoms with Crippen LogP contribution in [0.15, 0.2) is 30.3 Å². The Hall–Kier alpha value is -0.240. The third kappa shape index (κ3) is 7.19. The summed E-state index contributed by atoms with van der Waals surface area (Å²) in [6.45, 7) is 2.19. The molecule has 80 valence electrons. The highest BCUT2D eigenvalue weighted by molar-refractivity contribution is 6.40. The molecule has 0 heterocycles. The van der Waals surface area contributed by atoms with Crippen LogP contribution < -0.4 is 5.32 Å². The second-order valence-corrected chi connectivity index (χ2v) is 3.79. The molecule has 0 unspecified atom stereocenters. The maximum Gasteiger partial charge on any atom is 0.0967 e. The van der Waals surface area contributed by atoms with Gasteiger partial charge in [0.1, 0.15) is 0 Å². The molecule has 1 atom stereocenters. The Kier molecular flexibility index (Phi) is 9.16. The SMILES string of the molecule is CN[C@@H](C)Cc1ccccc1.ClCCl. The van der Waals surface area contributed by atoms with Crippen LogP contribution in [-0.4, -0.2) is 18.4 Å². The van der Waals surface area contributed by atoms with Crippen LogP contribution in [0.25, 0.3) is 0 Å². The first-order chi connectivity index (χ1) is 6.74. The highest BCUT2D eigenvalue weighted by Gasteiger charge is 1.97. The van der Waals surface area contributed by atoms with Crippen LogP contribution in [0.5, 0.6) is 0 Å². The topological polar surface area (TPSA) is 12.0 Å². The number of nitrogens with one attached hydrogen (secondary N) is 1. The van der Waals surface area contributed by atoms with Crippen molar-refractivity contribution in [1.29, 1.82) is 0 Å². The van der Waals surface area contributed by atoms with E-state index in [0.717, 1.165) is 6.42 Å². The number of likely N-dealkylation sites (N-methyl/N-ethyl adjacent to an activating group) is 1. The molecule has 1 aromatic rings. The number of hydrogen-bond acceptors (Lipinski definition) is 1. The second-order valence-electron chi connectivity index (χ2n) is 2.98. The van der Waals surface area contributed by atoms with E-state index < -0.39 is 0 Å². The smallest absolute Gasteiger partial charge is 0.0967 e. The molecule has 0 fully saturated rings. The first-order valence-corrected chi connectivity index (χ1v) is 5.64. The summed E-state index contributed by atoms with van der Waals surface area (Å²) in [4.78, 5) is 0. The van der Waals surface area contributed by atoms with E-state index in [-0.39, 0.29) is 5.34 Å². The Balaban J connectivity index is 0.000000500. The van der Waals surface area contributed by atoms with Gasteiger partial charge in [-0.1, -0.05) is 30.3 Å². The average Bonchev–Trinajstić information content (AvgIpc) is 2.20. The summed E-state index contributed by atoms with van der Waals surface area (Å²) in [5.74, 6) is 0. The van der Waals surface area contributed by atoms with Crippen molar-refractivity contribution in [3.63, 3.8) is 0 Å². The van der Waals surface area contributed by atoms with Gasteiger partial charge in [-0.3, -0.25) is 0 Å². The zero-order valence-corrected chi connectivity index (χ0v) is 10.1. The van der Waals surface area contributed by atoms with E-state index in [9.17, 15) is 0 Å². The molecular weight excluding hydrogens is 217 g/mol. The fourth-order valence-corrected chi connectivity index (χ4v) is 1.07. The maximum atomic E-state index is 4.76. The van der Waals surface area contributed by atoms with Gasteiger partial charge in [-0.25, -0.2) is 0 Å². The lowest BCUT2D eigenvalue weighted by atomic mass is 10.1. The van der Waals surface area contributed by atoms with E-state index in [1.807, 2.05) is 13.1 Å². The van der Waals surface area contributed by atoms with Crippen LogP contribution in [0.2, 0.25) is 0 Å². The number of halogens is 2. The van der Waals surface area contributed by atoms with Gasteiger partial charge in [0, 0.05) is 6.04 Å². The lowest BCUT2D eigenvalue weighted by molar-refractivity contribution is 0.608. The third-order valence-electron chi connectivity index (χ3n) is 1.88. The molecule has 0 aliphatic rings. The second kappa shape index (κ2) is 9.32. The van der Waals surface area contributed by atoms with E-state index in [2.05, 4.69) is 36.5 Å². The van der Waals surface area contributed by atoms with E-state index in [0.29, 0.717) is 6.04 Å². The Morgan fingerprint density at radius 1 is 1.21 bits per heavy atom. The van der Waals surface area contributed by atoms with Crippen LogP contribution >= 0.6 is 23.2 Å². The molecule has 1 rings (SSSR count). The molecular formula is C11H17Cl2N. The summed E-state index contributed by atoms with van der Waals surface area (Å²) in [6.07, 6.45) is 1.11. The van der Waals surface area contributed by atoms with Gasteiger partial charge in [0.15, 0.2) is 0 Å². The van der Waals surface area contributed by atoms with Gasteiger partial charge >= 0.3 is 0 Å². The molecule has 0 aliphatic carbocycles. The largest absolute Gasteiger partial charge is 0.317 e. The molecule has 3 heteroatoms. The summed E-state index contributed by atoms with van der Waals surface area (Å²) in [7, 11) is 1.99. The summed E-state index contributed by atoms with van der Waals surface area (Å²) < 4.78 is 0. The Morgan fingerprint density at radius 3 is 2.14 bits per heavy atom. The Bertz CT molecular complexity index is 214. The quantitative estimate of drug-likeness (QED) is 0.791. The van der Waals surface area contributed by atoms with E-state index in [1.54, 1.807) is 0 Å². The van der Waals surface area contributed by atoms with Crippen molar-refractivity contribution < 1.29 is 0 Å². The number of rotatable bonds is 3. The fourth-order valence-electron chi connectivity index (χ4n) is 1.07. The molecule has 0 aliphatic heterocycles. The van der Waals surface area contributed by atoms with Gasteiger partial charge in [0.05, 0.1) is 5.34 Å². The summed E-state index contributed by atoms with van der Waals surface area (Å²) >= 11 is 9.53. The predicted octanol–water partition coefficient (Wildman–Crippen LogP) is 3.26. The van der Waals surface area contributed by atoms with Crippen LogP contribution in [0.4, 0.5) is 0 Å². The van der Waals surface area contributed by atoms with Crippen molar-refractivity contribution in [3.8, 4) is 0 Å². The van der Waals surface area contributed by atoms with E-state index in [4.69, 9.17) is 23.2 Å². The minimum atomic E-state index is 0.194. The van der Waals surface area contributed by atoms with Gasteiger partial charge in [-0.2, -0.15) is 0 Å². The molecule has 0 radical (unpaired) electrons. The van der Waals surface area contributed by atoms with E-state index >= 15 is 0 Å². The molecule has 0 amide bonds. The number of alkyl halides is 2. The normalized spacial score (nSPS) is 11.4. The fraction of sp³-hybridized carbons (Fsp3) is 0.455. The molecule has 0 bridgehead atoms. The van der Waals surface area contributed by atoms with Crippen molar-refractivity contribution >= 4 is 23.2 Å². The molecule has 1 aromatic carbocycles. The number of hydrogen-bond donors (Lipinski definition) is 1.